The summed E-state index contributed by atoms with van der Waals surface area (Å²) < 4.78 is 0. The Kier molecular flexibility index (Phi) is 4.69. The molecule has 0 unspecified atom stereocenters. The van der Waals surface area contributed by atoms with Crippen LogP contribution in [0.2, 0.25) is 0 Å². The first-order valence-corrected chi connectivity index (χ1v) is 7.76. The van der Waals surface area contributed by atoms with E-state index in [9.17, 15) is 9.59 Å². The molecule has 0 bridgehead atoms. The fourth-order valence-corrected chi connectivity index (χ4v) is 2.75. The molecule has 124 valence electrons. The molecule has 1 aliphatic heterocycles. The quantitative estimate of drug-likeness (QED) is 0.904. The van der Waals surface area contributed by atoms with E-state index < -0.39 is 5.97 Å². The lowest BCUT2D eigenvalue weighted by Gasteiger charge is -2.35. The second kappa shape index (κ2) is 7.08. The molecule has 0 saturated carbocycles. The van der Waals surface area contributed by atoms with Gasteiger partial charge < -0.3 is 14.9 Å². The van der Waals surface area contributed by atoms with Gasteiger partial charge in [-0.05, 0) is 29.8 Å². The zero-order chi connectivity index (χ0) is 16.9. The van der Waals surface area contributed by atoms with Crippen molar-refractivity contribution in [3.63, 3.8) is 0 Å². The molecule has 7 heteroatoms. The van der Waals surface area contributed by atoms with Crippen LogP contribution in [0.25, 0.3) is 0 Å². The van der Waals surface area contributed by atoms with Gasteiger partial charge in [0.2, 0.25) is 5.91 Å². The Hall–Kier alpha value is -2.96. The van der Waals surface area contributed by atoms with Gasteiger partial charge in [-0.2, -0.15) is 5.10 Å². The van der Waals surface area contributed by atoms with Crippen LogP contribution >= 0.6 is 0 Å². The van der Waals surface area contributed by atoms with Crippen molar-refractivity contribution in [1.82, 2.24) is 15.1 Å². The Balaban J connectivity index is 1.57. The number of rotatable bonds is 4. The normalized spacial score (nSPS) is 14.5. The Labute approximate surface area is 139 Å². The largest absolute Gasteiger partial charge is 0.478 e. The van der Waals surface area contributed by atoms with E-state index in [1.807, 2.05) is 12.1 Å². The van der Waals surface area contributed by atoms with Crippen LogP contribution in [0.4, 0.5) is 5.82 Å². The van der Waals surface area contributed by atoms with Crippen LogP contribution in [-0.2, 0) is 11.2 Å². The van der Waals surface area contributed by atoms with Gasteiger partial charge in [-0.3, -0.25) is 4.79 Å². The van der Waals surface area contributed by atoms with E-state index in [1.165, 1.54) is 6.07 Å². The molecule has 2 heterocycles. The molecule has 3 rings (SSSR count). The fourth-order valence-electron chi connectivity index (χ4n) is 2.75. The second-order valence-electron chi connectivity index (χ2n) is 5.63. The Morgan fingerprint density at radius 1 is 1.08 bits per heavy atom. The molecule has 2 aromatic rings. The summed E-state index contributed by atoms with van der Waals surface area (Å²) in [6.07, 6.45) is 1.85. The Bertz CT molecular complexity index is 728. The van der Waals surface area contributed by atoms with Crippen LogP contribution in [0.15, 0.2) is 42.6 Å². The van der Waals surface area contributed by atoms with Crippen molar-refractivity contribution < 1.29 is 14.7 Å². The van der Waals surface area contributed by atoms with Gasteiger partial charge in [-0.1, -0.05) is 12.1 Å². The number of hydrogen-bond acceptors (Lipinski definition) is 5. The molecule has 1 N–H and O–H groups in total. The number of benzene rings is 1. The zero-order valence-corrected chi connectivity index (χ0v) is 13.1. The summed E-state index contributed by atoms with van der Waals surface area (Å²) in [5.74, 6) is -0.156. The van der Waals surface area contributed by atoms with Crippen molar-refractivity contribution in [2.45, 2.75) is 6.42 Å². The first-order valence-electron chi connectivity index (χ1n) is 7.76. The molecule has 1 fully saturated rings. The molecular formula is C17H18N4O3. The number of carboxylic acids is 1. The molecule has 1 aliphatic rings. The number of amides is 1. The van der Waals surface area contributed by atoms with Gasteiger partial charge in [0, 0.05) is 32.4 Å². The third-order valence-electron chi connectivity index (χ3n) is 4.04. The molecule has 0 radical (unpaired) electrons. The Morgan fingerprint density at radius 2 is 1.88 bits per heavy atom. The van der Waals surface area contributed by atoms with Crippen molar-refractivity contribution in [2.75, 3.05) is 31.1 Å². The van der Waals surface area contributed by atoms with Gasteiger partial charge in [0.15, 0.2) is 5.82 Å². The van der Waals surface area contributed by atoms with Gasteiger partial charge in [0.05, 0.1) is 12.0 Å². The van der Waals surface area contributed by atoms with E-state index in [0.717, 1.165) is 11.4 Å². The SMILES string of the molecule is O=C(O)c1cccc(CC(=O)N2CCN(c3cccnn3)CC2)c1. The van der Waals surface area contributed by atoms with Gasteiger partial charge >= 0.3 is 5.97 Å². The number of piperazine rings is 1. The summed E-state index contributed by atoms with van der Waals surface area (Å²) in [6.45, 7) is 2.65. The summed E-state index contributed by atoms with van der Waals surface area (Å²) in [4.78, 5) is 27.3. The molecule has 24 heavy (non-hydrogen) atoms. The molecule has 1 saturated heterocycles. The molecule has 7 nitrogen and oxygen atoms in total. The third-order valence-corrected chi connectivity index (χ3v) is 4.04. The number of nitrogens with zero attached hydrogens (tertiary/aromatic N) is 4. The zero-order valence-electron chi connectivity index (χ0n) is 13.1. The highest BCUT2D eigenvalue weighted by Crippen LogP contribution is 2.13. The van der Waals surface area contributed by atoms with Crippen LogP contribution in [0.1, 0.15) is 15.9 Å². The van der Waals surface area contributed by atoms with E-state index in [-0.39, 0.29) is 17.9 Å². The summed E-state index contributed by atoms with van der Waals surface area (Å²) in [7, 11) is 0. The van der Waals surface area contributed by atoms with Crippen LogP contribution in [0, 0.1) is 0 Å². The summed E-state index contributed by atoms with van der Waals surface area (Å²) >= 11 is 0. The number of hydrogen-bond donors (Lipinski definition) is 1. The molecule has 0 atom stereocenters. The first kappa shape index (κ1) is 15.9. The van der Waals surface area contributed by atoms with Crippen molar-refractivity contribution >= 4 is 17.7 Å². The van der Waals surface area contributed by atoms with E-state index in [1.54, 1.807) is 29.3 Å². The number of aromatic nitrogens is 2. The van der Waals surface area contributed by atoms with E-state index in [2.05, 4.69) is 15.1 Å². The molecule has 1 amide bonds. The summed E-state index contributed by atoms with van der Waals surface area (Å²) in [5, 5.41) is 17.0. The smallest absolute Gasteiger partial charge is 0.335 e. The van der Waals surface area contributed by atoms with Crippen LogP contribution in [-0.4, -0.2) is 58.3 Å². The maximum Gasteiger partial charge on any atom is 0.335 e. The number of aromatic carboxylic acids is 1. The third kappa shape index (κ3) is 3.68. The standard InChI is InChI=1S/C17H18N4O3/c22-16(12-13-3-1-4-14(11-13)17(23)24)21-9-7-20(8-10-21)15-5-2-6-18-19-15/h1-6,11H,7-10,12H2,(H,23,24). The minimum Gasteiger partial charge on any atom is -0.478 e. The average Bonchev–Trinajstić information content (AvgIpc) is 2.63. The lowest BCUT2D eigenvalue weighted by molar-refractivity contribution is -0.130. The molecule has 1 aromatic carbocycles. The van der Waals surface area contributed by atoms with Crippen LogP contribution in [0.3, 0.4) is 0 Å². The number of carboxylic acid groups (broad SMARTS) is 1. The van der Waals surface area contributed by atoms with Crippen LogP contribution in [0.5, 0.6) is 0 Å². The fraction of sp³-hybridized carbons (Fsp3) is 0.294. The van der Waals surface area contributed by atoms with Crippen LogP contribution < -0.4 is 4.90 Å². The summed E-state index contributed by atoms with van der Waals surface area (Å²) in [5.41, 5.74) is 0.920. The molecule has 0 aliphatic carbocycles. The van der Waals surface area contributed by atoms with Gasteiger partial charge in [-0.15, -0.1) is 5.10 Å². The average molecular weight is 326 g/mol. The second-order valence-corrected chi connectivity index (χ2v) is 5.63. The summed E-state index contributed by atoms with van der Waals surface area (Å²) in [6, 6.07) is 10.3. The van der Waals surface area contributed by atoms with E-state index in [4.69, 9.17) is 5.11 Å². The topological polar surface area (TPSA) is 86.6 Å². The highest BCUT2D eigenvalue weighted by Gasteiger charge is 2.22. The monoisotopic (exact) mass is 326 g/mol. The van der Waals surface area contributed by atoms with E-state index in [0.29, 0.717) is 26.2 Å². The van der Waals surface area contributed by atoms with E-state index >= 15 is 0 Å². The lowest BCUT2D eigenvalue weighted by atomic mass is 10.1. The Morgan fingerprint density at radius 3 is 2.54 bits per heavy atom. The van der Waals surface area contributed by atoms with Crippen molar-refractivity contribution in [1.29, 1.82) is 0 Å². The predicted molar refractivity (Wildman–Crippen MR) is 87.9 cm³/mol. The maximum absolute atomic E-state index is 12.4. The van der Waals surface area contributed by atoms with Crippen molar-refractivity contribution in [3.8, 4) is 0 Å². The van der Waals surface area contributed by atoms with Gasteiger partial charge in [0.1, 0.15) is 0 Å². The minimum atomic E-state index is -0.984. The molecule has 0 spiro atoms. The van der Waals surface area contributed by atoms with Gasteiger partial charge in [-0.25, -0.2) is 4.79 Å². The number of carbonyl (C=O) groups is 2. The van der Waals surface area contributed by atoms with Crippen molar-refractivity contribution in [3.05, 3.63) is 53.7 Å². The highest BCUT2D eigenvalue weighted by atomic mass is 16.4. The molecular weight excluding hydrogens is 308 g/mol. The maximum atomic E-state index is 12.4. The predicted octanol–water partition coefficient (Wildman–Crippen LogP) is 1.07. The lowest BCUT2D eigenvalue weighted by Crippen LogP contribution is -2.49. The minimum absolute atomic E-state index is 0.0105. The first-order chi connectivity index (χ1) is 11.6. The highest BCUT2D eigenvalue weighted by molar-refractivity contribution is 5.88. The number of anilines is 1. The van der Waals surface area contributed by atoms with Gasteiger partial charge in [0.25, 0.3) is 0 Å². The molecule has 1 aromatic heterocycles. The number of carbonyl (C=O) groups excluding carboxylic acids is 1. The van der Waals surface area contributed by atoms with Crippen molar-refractivity contribution in [2.24, 2.45) is 0 Å².